The van der Waals surface area contributed by atoms with E-state index in [0.29, 0.717) is 29.4 Å². The van der Waals surface area contributed by atoms with Gasteiger partial charge in [-0.05, 0) is 31.4 Å². The van der Waals surface area contributed by atoms with E-state index < -0.39 is 17.3 Å². The van der Waals surface area contributed by atoms with Crippen LogP contribution in [0.25, 0.3) is 10.9 Å². The maximum absolute atomic E-state index is 12.6. The minimum absolute atomic E-state index is 0.204. The summed E-state index contributed by atoms with van der Waals surface area (Å²) in [7, 11) is 0. The maximum atomic E-state index is 12.6. The summed E-state index contributed by atoms with van der Waals surface area (Å²) in [5, 5.41) is 13.0. The zero-order chi connectivity index (χ0) is 15.6. The highest BCUT2D eigenvalue weighted by molar-refractivity contribution is 6.11. The van der Waals surface area contributed by atoms with Crippen LogP contribution < -0.4 is 5.32 Å². The molecule has 0 fully saturated rings. The fourth-order valence-electron chi connectivity index (χ4n) is 2.67. The normalized spacial score (nSPS) is 20.7. The minimum atomic E-state index is -1.41. The predicted molar refractivity (Wildman–Crippen MR) is 81.2 cm³/mol. The Hall–Kier alpha value is -2.76. The first-order valence-electron chi connectivity index (χ1n) is 7.02. The molecule has 1 aliphatic rings. The molecule has 0 saturated heterocycles. The second-order valence-corrected chi connectivity index (χ2v) is 5.31. The zero-order valence-corrected chi connectivity index (χ0v) is 11.8. The van der Waals surface area contributed by atoms with Crippen molar-refractivity contribution in [2.45, 2.75) is 19.3 Å². The van der Waals surface area contributed by atoms with Crippen molar-refractivity contribution in [1.29, 1.82) is 0 Å². The molecular weight excluding hydrogens is 282 g/mol. The van der Waals surface area contributed by atoms with Gasteiger partial charge in [0.1, 0.15) is 5.41 Å². The molecule has 2 N–H and O–H groups in total. The number of anilines is 1. The Morgan fingerprint density at radius 2 is 2.09 bits per heavy atom. The molecule has 6 heteroatoms. The molecule has 6 nitrogen and oxygen atoms in total. The molecule has 112 valence electrons. The Labute approximate surface area is 126 Å². The Balaban J connectivity index is 1.95. The molecular formula is C16H15N3O3. The molecule has 3 rings (SSSR count). The lowest BCUT2D eigenvalue weighted by Crippen LogP contribution is -2.43. The van der Waals surface area contributed by atoms with Crippen LogP contribution in [-0.2, 0) is 9.59 Å². The van der Waals surface area contributed by atoms with Gasteiger partial charge in [-0.3, -0.25) is 19.6 Å². The highest BCUT2D eigenvalue weighted by atomic mass is 16.4. The molecule has 0 saturated carbocycles. The molecule has 1 amide bonds. The van der Waals surface area contributed by atoms with Crippen LogP contribution in [0, 0.1) is 5.41 Å². The van der Waals surface area contributed by atoms with Crippen molar-refractivity contribution < 1.29 is 14.7 Å². The summed E-state index contributed by atoms with van der Waals surface area (Å²) in [6, 6.07) is 3.39. The summed E-state index contributed by atoms with van der Waals surface area (Å²) in [4.78, 5) is 32.5. The molecule has 2 heterocycles. The van der Waals surface area contributed by atoms with Gasteiger partial charge in [-0.25, -0.2) is 0 Å². The number of nitrogens with one attached hydrogen (secondary N) is 1. The number of nitrogens with zero attached hydrogens (tertiary/aromatic N) is 2. The molecule has 2 aromatic rings. The van der Waals surface area contributed by atoms with Crippen molar-refractivity contribution in [2.24, 2.45) is 5.41 Å². The molecule has 2 aromatic heterocycles. The number of pyridine rings is 2. The summed E-state index contributed by atoms with van der Waals surface area (Å²) in [5.41, 5.74) is -0.189. The van der Waals surface area contributed by atoms with Gasteiger partial charge in [-0.2, -0.15) is 0 Å². The van der Waals surface area contributed by atoms with Gasteiger partial charge in [-0.1, -0.05) is 12.2 Å². The maximum Gasteiger partial charge on any atom is 0.319 e. The monoisotopic (exact) mass is 297 g/mol. The Kier molecular flexibility index (Phi) is 3.58. The number of fused-ring (bicyclic) bond motifs is 1. The van der Waals surface area contributed by atoms with Gasteiger partial charge in [0.2, 0.25) is 5.91 Å². The molecule has 0 spiro atoms. The molecule has 1 unspecified atom stereocenters. The lowest BCUT2D eigenvalue weighted by atomic mass is 9.76. The zero-order valence-electron chi connectivity index (χ0n) is 11.8. The smallest absolute Gasteiger partial charge is 0.319 e. The highest BCUT2D eigenvalue weighted by Gasteiger charge is 2.45. The number of hydrogen-bond acceptors (Lipinski definition) is 4. The van der Waals surface area contributed by atoms with E-state index in [9.17, 15) is 14.7 Å². The average Bonchev–Trinajstić information content (AvgIpc) is 2.55. The van der Waals surface area contributed by atoms with E-state index >= 15 is 0 Å². The topological polar surface area (TPSA) is 92.2 Å². The third-order valence-electron chi connectivity index (χ3n) is 4.01. The number of carboxylic acid groups (broad SMARTS) is 1. The van der Waals surface area contributed by atoms with Gasteiger partial charge in [0.15, 0.2) is 0 Å². The number of aliphatic carboxylic acids is 1. The fourth-order valence-corrected chi connectivity index (χ4v) is 2.67. The Bertz CT molecular complexity index is 767. The molecule has 0 aromatic carbocycles. The Morgan fingerprint density at radius 1 is 1.23 bits per heavy atom. The number of allylic oxidation sites excluding steroid dienone is 2. The van der Waals surface area contributed by atoms with Crippen LogP contribution in [-0.4, -0.2) is 27.0 Å². The standard InChI is InChI=1S/C16H15N3O3/c20-14(16(15(21)22)6-2-1-3-7-16)19-13-5-9-18-12-4-8-17-10-11(12)13/h1-2,4-5,8-10H,3,6-7H2,(H,21,22)(H,18,19,20). The van der Waals surface area contributed by atoms with Crippen molar-refractivity contribution in [2.75, 3.05) is 5.32 Å². The van der Waals surface area contributed by atoms with Crippen LogP contribution in [0.15, 0.2) is 42.9 Å². The third kappa shape index (κ3) is 2.32. The van der Waals surface area contributed by atoms with Crippen LogP contribution in [0.1, 0.15) is 19.3 Å². The van der Waals surface area contributed by atoms with E-state index in [1.807, 2.05) is 6.08 Å². The summed E-state index contributed by atoms with van der Waals surface area (Å²) in [6.07, 6.45) is 9.54. The SMILES string of the molecule is O=C(O)C1(C(=O)Nc2ccnc3ccncc23)CC=CCC1. The van der Waals surface area contributed by atoms with Gasteiger partial charge >= 0.3 is 5.97 Å². The quantitative estimate of drug-likeness (QED) is 0.670. The van der Waals surface area contributed by atoms with Gasteiger partial charge in [0.25, 0.3) is 0 Å². The van der Waals surface area contributed by atoms with Gasteiger partial charge in [0.05, 0.1) is 11.2 Å². The summed E-state index contributed by atoms with van der Waals surface area (Å²) < 4.78 is 0. The van der Waals surface area contributed by atoms with Crippen LogP contribution in [0.3, 0.4) is 0 Å². The second-order valence-electron chi connectivity index (χ2n) is 5.31. The van der Waals surface area contributed by atoms with E-state index in [2.05, 4.69) is 15.3 Å². The van der Waals surface area contributed by atoms with Gasteiger partial charge in [-0.15, -0.1) is 0 Å². The van der Waals surface area contributed by atoms with Gasteiger partial charge in [0, 0.05) is 24.0 Å². The van der Waals surface area contributed by atoms with Crippen molar-refractivity contribution in [3.63, 3.8) is 0 Å². The molecule has 1 atom stereocenters. The molecule has 1 aliphatic carbocycles. The summed E-state index contributed by atoms with van der Waals surface area (Å²) >= 11 is 0. The molecule has 22 heavy (non-hydrogen) atoms. The molecule has 0 aliphatic heterocycles. The minimum Gasteiger partial charge on any atom is -0.480 e. The number of rotatable bonds is 3. The number of hydrogen-bond donors (Lipinski definition) is 2. The summed E-state index contributed by atoms with van der Waals surface area (Å²) in [5.74, 6) is -1.59. The third-order valence-corrected chi connectivity index (χ3v) is 4.01. The van der Waals surface area contributed by atoms with Gasteiger partial charge < -0.3 is 10.4 Å². The number of carbonyl (C=O) groups is 2. The lowest BCUT2D eigenvalue weighted by Gasteiger charge is -2.29. The number of carbonyl (C=O) groups excluding carboxylic acids is 1. The average molecular weight is 297 g/mol. The predicted octanol–water partition coefficient (Wildman–Crippen LogP) is 2.38. The summed E-state index contributed by atoms with van der Waals surface area (Å²) in [6.45, 7) is 0. The number of carboxylic acids is 1. The first-order chi connectivity index (χ1) is 10.6. The first kappa shape index (κ1) is 14.2. The van der Waals surface area contributed by atoms with E-state index in [4.69, 9.17) is 0 Å². The van der Waals surface area contributed by atoms with Crippen molar-refractivity contribution in [3.8, 4) is 0 Å². The first-order valence-corrected chi connectivity index (χ1v) is 7.02. The van der Waals surface area contributed by atoms with Crippen LogP contribution in [0.2, 0.25) is 0 Å². The Morgan fingerprint density at radius 3 is 2.82 bits per heavy atom. The number of aromatic nitrogens is 2. The van der Waals surface area contributed by atoms with E-state index in [1.54, 1.807) is 36.8 Å². The van der Waals surface area contributed by atoms with E-state index in [-0.39, 0.29) is 6.42 Å². The van der Waals surface area contributed by atoms with E-state index in [0.717, 1.165) is 0 Å². The van der Waals surface area contributed by atoms with Crippen LogP contribution in [0.4, 0.5) is 5.69 Å². The van der Waals surface area contributed by atoms with Crippen molar-refractivity contribution in [3.05, 3.63) is 42.9 Å². The largest absolute Gasteiger partial charge is 0.480 e. The van der Waals surface area contributed by atoms with Crippen molar-refractivity contribution in [1.82, 2.24) is 9.97 Å². The highest BCUT2D eigenvalue weighted by Crippen LogP contribution is 2.35. The fraction of sp³-hybridized carbons (Fsp3) is 0.250. The molecule has 0 radical (unpaired) electrons. The lowest BCUT2D eigenvalue weighted by molar-refractivity contribution is -0.154. The van der Waals surface area contributed by atoms with Crippen LogP contribution in [0.5, 0.6) is 0 Å². The van der Waals surface area contributed by atoms with Crippen LogP contribution >= 0.6 is 0 Å². The van der Waals surface area contributed by atoms with E-state index in [1.165, 1.54) is 0 Å². The van der Waals surface area contributed by atoms with Crippen molar-refractivity contribution >= 4 is 28.5 Å². The second kappa shape index (κ2) is 5.55. The number of amides is 1. The molecule has 0 bridgehead atoms.